The molecule has 2 heterocycles. The van der Waals surface area contributed by atoms with Gasteiger partial charge in [0.2, 0.25) is 0 Å². The summed E-state index contributed by atoms with van der Waals surface area (Å²) in [7, 11) is 1.30. The molecule has 1 aliphatic rings. The summed E-state index contributed by atoms with van der Waals surface area (Å²) in [6, 6.07) is 15.8. The van der Waals surface area contributed by atoms with Crippen LogP contribution >= 0.6 is 54.8 Å². The van der Waals surface area contributed by atoms with Crippen LogP contribution in [0.1, 0.15) is 36.6 Å². The van der Waals surface area contributed by atoms with E-state index in [9.17, 15) is 9.59 Å². The molecule has 1 atom stereocenters. The molecular weight excluding hydrogens is 736 g/mol. The fraction of sp³-hybridized carbons (Fsp3) is 0.219. The first-order chi connectivity index (χ1) is 21.2. The molecule has 1 aliphatic heterocycles. The molecule has 0 saturated heterocycles. The number of esters is 1. The molecule has 5 rings (SSSR count). The van der Waals surface area contributed by atoms with Gasteiger partial charge >= 0.3 is 5.97 Å². The average Bonchev–Trinajstić information content (AvgIpc) is 3.32. The molecule has 0 unspecified atom stereocenters. The second kappa shape index (κ2) is 14.2. The maximum absolute atomic E-state index is 14.0. The van der Waals surface area contributed by atoms with E-state index in [1.54, 1.807) is 18.2 Å². The molecule has 0 spiro atoms. The predicted molar refractivity (Wildman–Crippen MR) is 178 cm³/mol. The van der Waals surface area contributed by atoms with Crippen molar-refractivity contribution in [1.29, 1.82) is 0 Å². The van der Waals surface area contributed by atoms with Gasteiger partial charge in [0.05, 0.1) is 45.4 Å². The Morgan fingerprint density at radius 1 is 1.02 bits per heavy atom. The Labute approximate surface area is 279 Å². The van der Waals surface area contributed by atoms with Gasteiger partial charge in [0, 0.05) is 16.8 Å². The lowest BCUT2D eigenvalue weighted by Gasteiger charge is -2.23. The first-order valence-electron chi connectivity index (χ1n) is 13.6. The molecule has 0 amide bonds. The van der Waals surface area contributed by atoms with E-state index in [-0.39, 0.29) is 17.7 Å². The van der Waals surface area contributed by atoms with Crippen molar-refractivity contribution in [2.75, 3.05) is 20.3 Å². The monoisotopic (exact) mass is 760 g/mol. The maximum Gasteiger partial charge on any atom is 0.337 e. The number of ether oxygens (including phenoxy) is 4. The Morgan fingerprint density at radius 3 is 2.41 bits per heavy atom. The molecule has 0 N–H and O–H groups in total. The number of carbonyl (C=O) groups is 1. The molecule has 0 radical (unpaired) electrons. The highest BCUT2D eigenvalue weighted by Gasteiger charge is 2.31. The molecule has 228 valence electrons. The minimum absolute atomic E-state index is 0.226. The summed E-state index contributed by atoms with van der Waals surface area (Å²) in [5.74, 6) is 1.11. The summed E-state index contributed by atoms with van der Waals surface area (Å²) in [5.41, 5.74) is 2.19. The summed E-state index contributed by atoms with van der Waals surface area (Å²) in [4.78, 5) is 31.7. The van der Waals surface area contributed by atoms with Crippen molar-refractivity contribution in [3.63, 3.8) is 0 Å². The van der Waals surface area contributed by atoms with Gasteiger partial charge in [-0.2, -0.15) is 0 Å². The minimum Gasteiger partial charge on any atom is -0.490 e. The summed E-state index contributed by atoms with van der Waals surface area (Å²) >= 11 is 14.7. The van der Waals surface area contributed by atoms with E-state index in [1.165, 1.54) is 29.2 Å². The highest BCUT2D eigenvalue weighted by atomic mass is 79.9. The lowest BCUT2D eigenvalue weighted by molar-refractivity contribution is -0.136. The van der Waals surface area contributed by atoms with Crippen LogP contribution < -0.4 is 29.1 Å². The van der Waals surface area contributed by atoms with E-state index >= 15 is 0 Å². The molecule has 1 aromatic heterocycles. The second-order valence-corrected chi connectivity index (χ2v) is 12.6. The highest BCUT2D eigenvalue weighted by molar-refractivity contribution is 9.11. The number of benzene rings is 3. The zero-order valence-corrected chi connectivity index (χ0v) is 28.7. The number of hydrogen-bond acceptors (Lipinski definition) is 8. The van der Waals surface area contributed by atoms with Gasteiger partial charge in [0.25, 0.3) is 5.56 Å². The zero-order chi connectivity index (χ0) is 31.4. The van der Waals surface area contributed by atoms with Gasteiger partial charge in [-0.3, -0.25) is 9.36 Å². The number of fused-ring (bicyclic) bond motifs is 1. The lowest BCUT2D eigenvalue weighted by Crippen LogP contribution is -2.39. The predicted octanol–water partition coefficient (Wildman–Crippen LogP) is 6.57. The molecule has 3 aromatic carbocycles. The molecule has 0 saturated carbocycles. The minimum atomic E-state index is -0.783. The summed E-state index contributed by atoms with van der Waals surface area (Å²) in [5, 5.41) is 0.625. The van der Waals surface area contributed by atoms with Gasteiger partial charge < -0.3 is 18.9 Å². The fourth-order valence-electron chi connectivity index (χ4n) is 4.70. The third-order valence-corrected chi connectivity index (χ3v) is 9.20. The van der Waals surface area contributed by atoms with Crippen molar-refractivity contribution in [3.05, 3.63) is 117 Å². The van der Waals surface area contributed by atoms with E-state index < -0.39 is 12.0 Å². The Balaban J connectivity index is 1.55. The molecule has 44 heavy (non-hydrogen) atoms. The number of rotatable bonds is 10. The number of hydrogen-bond donors (Lipinski definition) is 0. The van der Waals surface area contributed by atoms with E-state index in [2.05, 4.69) is 36.9 Å². The summed E-state index contributed by atoms with van der Waals surface area (Å²) in [6.07, 6.45) is 3.24. The smallest absolute Gasteiger partial charge is 0.337 e. The molecular formula is C32H27Br2ClN2O6S. The van der Waals surface area contributed by atoms with Gasteiger partial charge in [-0.25, -0.2) is 9.79 Å². The number of nitrogens with zero attached hydrogens (tertiary/aromatic N) is 2. The van der Waals surface area contributed by atoms with Crippen molar-refractivity contribution in [1.82, 2.24) is 4.57 Å². The van der Waals surface area contributed by atoms with Crippen molar-refractivity contribution in [3.8, 4) is 17.2 Å². The van der Waals surface area contributed by atoms with Crippen LogP contribution in [0.2, 0.25) is 5.02 Å². The molecule has 0 bridgehead atoms. The van der Waals surface area contributed by atoms with Crippen LogP contribution in [-0.4, -0.2) is 30.9 Å². The van der Waals surface area contributed by atoms with Gasteiger partial charge in [-0.05, 0) is 93.2 Å². The third-order valence-electron chi connectivity index (χ3n) is 6.66. The Morgan fingerprint density at radius 2 is 1.73 bits per heavy atom. The van der Waals surface area contributed by atoms with Crippen molar-refractivity contribution in [2.24, 2.45) is 4.99 Å². The number of aromatic nitrogens is 1. The first-order valence-corrected chi connectivity index (χ1v) is 16.4. The van der Waals surface area contributed by atoms with Crippen LogP contribution in [0.5, 0.6) is 17.2 Å². The SMILES string of the molecule is CCOc1ccc([C@H]2C(C(=O)OC)=CN=c3s/c(=C\c4cc(Br)c(OCc5ccccc5Cl)c(Br)c4)c(=O)n32)cc1OCC. The third kappa shape index (κ3) is 6.66. The van der Waals surface area contributed by atoms with Gasteiger partial charge in [0.15, 0.2) is 16.3 Å². The highest BCUT2D eigenvalue weighted by Crippen LogP contribution is 2.37. The summed E-state index contributed by atoms with van der Waals surface area (Å²) < 4.78 is 26.0. The van der Waals surface area contributed by atoms with Crippen molar-refractivity contribution in [2.45, 2.75) is 26.5 Å². The van der Waals surface area contributed by atoms with Crippen LogP contribution in [0, 0.1) is 0 Å². The van der Waals surface area contributed by atoms with E-state index in [0.29, 0.717) is 59.3 Å². The molecule has 12 heteroatoms. The quantitative estimate of drug-likeness (QED) is 0.170. The maximum atomic E-state index is 14.0. The van der Waals surface area contributed by atoms with Crippen LogP contribution in [0.15, 0.2) is 85.1 Å². The standard InChI is InChI=1S/C32H27Br2ClN2O6S/c1-4-41-25-11-10-19(15-26(25)42-5-2)28-21(31(39)40-3)16-36-32-37(28)30(38)27(44-32)14-18-12-22(33)29(23(34)13-18)43-17-20-8-6-7-9-24(20)35/h6-16,28H,4-5,17H2,1-3H3/b27-14-/t28-/m0/s1. The molecule has 0 fully saturated rings. The number of thiazole rings is 1. The van der Waals surface area contributed by atoms with Crippen LogP contribution in [-0.2, 0) is 16.1 Å². The molecule has 0 aliphatic carbocycles. The number of halogens is 3. The Hall–Kier alpha value is -3.38. The van der Waals surface area contributed by atoms with E-state index in [1.807, 2.05) is 56.3 Å². The topological polar surface area (TPSA) is 88.4 Å². The lowest BCUT2D eigenvalue weighted by atomic mass is 9.97. The molecule has 8 nitrogen and oxygen atoms in total. The Kier molecular flexibility index (Phi) is 10.3. The first kappa shape index (κ1) is 32.0. The van der Waals surface area contributed by atoms with E-state index in [0.717, 1.165) is 11.1 Å². The van der Waals surface area contributed by atoms with Crippen molar-refractivity contribution < 1.29 is 23.7 Å². The molecule has 4 aromatic rings. The van der Waals surface area contributed by atoms with E-state index in [4.69, 9.17) is 30.5 Å². The largest absolute Gasteiger partial charge is 0.490 e. The summed E-state index contributed by atoms with van der Waals surface area (Å²) in [6.45, 7) is 4.93. The Bertz CT molecular complexity index is 1910. The van der Waals surface area contributed by atoms with Gasteiger partial charge in [-0.1, -0.05) is 47.2 Å². The average molecular weight is 763 g/mol. The van der Waals surface area contributed by atoms with Crippen LogP contribution in [0.25, 0.3) is 6.08 Å². The second-order valence-electron chi connectivity index (χ2n) is 9.44. The van der Waals surface area contributed by atoms with Gasteiger partial charge in [0.1, 0.15) is 12.4 Å². The van der Waals surface area contributed by atoms with Crippen LogP contribution in [0.4, 0.5) is 0 Å². The number of methoxy groups -OCH3 is 1. The van der Waals surface area contributed by atoms with Crippen molar-refractivity contribution >= 4 is 66.8 Å². The van der Waals surface area contributed by atoms with Gasteiger partial charge in [-0.15, -0.1) is 0 Å². The normalized spacial score (nSPS) is 14.4. The fourth-order valence-corrected chi connectivity index (χ4v) is 7.32. The van der Waals surface area contributed by atoms with Crippen LogP contribution in [0.3, 0.4) is 0 Å². The number of carbonyl (C=O) groups excluding carboxylic acids is 1. The zero-order valence-electron chi connectivity index (χ0n) is 23.9.